The third kappa shape index (κ3) is 7.95. The van der Waals surface area contributed by atoms with E-state index in [1.54, 1.807) is 53.2 Å². The molecule has 0 fully saturated rings. The van der Waals surface area contributed by atoms with Crippen LogP contribution < -0.4 is 27.3 Å². The number of aromatic nitrogens is 3. The van der Waals surface area contributed by atoms with Gasteiger partial charge in [-0.15, -0.1) is 0 Å². The lowest BCUT2D eigenvalue weighted by molar-refractivity contribution is -0.121. The Kier molecular flexibility index (Phi) is 9.90. The average Bonchev–Trinajstić information content (AvgIpc) is 3.41. The molecule has 0 aliphatic carbocycles. The first-order valence-corrected chi connectivity index (χ1v) is 14.7. The lowest BCUT2D eigenvalue weighted by Gasteiger charge is -2.19. The zero-order valence-electron chi connectivity index (χ0n) is 24.4. The summed E-state index contributed by atoms with van der Waals surface area (Å²) in [6.45, 7) is 0.759. The molecular formula is C33H33ClN8O3. The van der Waals surface area contributed by atoms with Crippen molar-refractivity contribution in [1.29, 1.82) is 0 Å². The van der Waals surface area contributed by atoms with Gasteiger partial charge < -0.3 is 31.8 Å². The number of pyridine rings is 1. The highest BCUT2D eigenvalue weighted by Gasteiger charge is 2.25. The van der Waals surface area contributed by atoms with E-state index in [1.165, 1.54) is 0 Å². The SMILES string of the molecule is NC(=O)C(CCCN=C(N)N)n1c(-c2cccc(Oc3ccc(Cl)cc3)c2)nc2cc(C(=O)NCCc3ccccn3)ccc21. The number of amides is 2. The highest BCUT2D eigenvalue weighted by Crippen LogP contribution is 2.33. The van der Waals surface area contributed by atoms with Crippen LogP contribution in [0.5, 0.6) is 11.5 Å². The van der Waals surface area contributed by atoms with Crippen LogP contribution in [0.15, 0.2) is 96.1 Å². The maximum absolute atomic E-state index is 13.1. The highest BCUT2D eigenvalue weighted by atomic mass is 35.5. The van der Waals surface area contributed by atoms with Gasteiger partial charge in [0.1, 0.15) is 23.4 Å². The summed E-state index contributed by atoms with van der Waals surface area (Å²) in [5, 5.41) is 3.54. The Labute approximate surface area is 265 Å². The molecule has 2 heterocycles. The number of benzene rings is 3. The predicted octanol–water partition coefficient (Wildman–Crippen LogP) is 4.60. The molecule has 0 saturated heterocycles. The van der Waals surface area contributed by atoms with E-state index in [-0.39, 0.29) is 11.9 Å². The predicted molar refractivity (Wildman–Crippen MR) is 175 cm³/mol. The van der Waals surface area contributed by atoms with Gasteiger partial charge in [0.2, 0.25) is 5.91 Å². The van der Waals surface area contributed by atoms with Crippen molar-refractivity contribution < 1.29 is 14.3 Å². The van der Waals surface area contributed by atoms with E-state index in [2.05, 4.69) is 15.3 Å². The van der Waals surface area contributed by atoms with Crippen LogP contribution in [0.3, 0.4) is 0 Å². The Morgan fingerprint density at radius 3 is 2.51 bits per heavy atom. The van der Waals surface area contributed by atoms with Crippen LogP contribution in [0.25, 0.3) is 22.4 Å². The molecule has 0 saturated carbocycles. The van der Waals surface area contributed by atoms with Crippen LogP contribution in [0.1, 0.15) is 34.9 Å². The lowest BCUT2D eigenvalue weighted by Crippen LogP contribution is -2.28. The number of nitrogens with two attached hydrogens (primary N) is 3. The standard InChI is InChI=1S/C33H33ClN8O3/c34-23-10-12-25(13-11-23)45-26-7-3-5-21(19-26)31-41-27-20-22(32(44)39-18-15-24-6-1-2-16-38-24)9-14-28(27)42(31)29(30(35)43)8-4-17-40-33(36)37/h1-3,5-7,9-14,16,19-20,29H,4,8,15,17-18H2,(H2,35,43)(H,39,44)(H4,36,37,40). The Balaban J connectivity index is 1.49. The van der Waals surface area contributed by atoms with Crippen molar-refractivity contribution >= 4 is 40.4 Å². The van der Waals surface area contributed by atoms with Crippen molar-refractivity contribution in [3.63, 3.8) is 0 Å². The molecule has 1 unspecified atom stereocenters. The van der Waals surface area contributed by atoms with Gasteiger partial charge in [0.15, 0.2) is 5.96 Å². The summed E-state index contributed by atoms with van der Waals surface area (Å²) in [5.74, 6) is 0.854. The monoisotopic (exact) mass is 624 g/mol. The zero-order chi connectivity index (χ0) is 31.8. The van der Waals surface area contributed by atoms with Gasteiger partial charge in [0.25, 0.3) is 5.91 Å². The number of ether oxygens (including phenoxy) is 1. The maximum atomic E-state index is 13.1. The van der Waals surface area contributed by atoms with Gasteiger partial charge in [-0.2, -0.15) is 0 Å². The molecule has 2 amide bonds. The van der Waals surface area contributed by atoms with Gasteiger partial charge in [-0.1, -0.05) is 29.8 Å². The summed E-state index contributed by atoms with van der Waals surface area (Å²) < 4.78 is 7.86. The zero-order valence-corrected chi connectivity index (χ0v) is 25.2. The number of imidazole rings is 1. The van der Waals surface area contributed by atoms with Crippen LogP contribution in [0, 0.1) is 0 Å². The molecule has 45 heavy (non-hydrogen) atoms. The van der Waals surface area contributed by atoms with Crippen LogP contribution in [0.4, 0.5) is 0 Å². The molecule has 12 heteroatoms. The quantitative estimate of drug-likeness (QED) is 0.0840. The van der Waals surface area contributed by atoms with Crippen molar-refractivity contribution in [1.82, 2.24) is 19.9 Å². The molecule has 11 nitrogen and oxygen atoms in total. The number of hydrogen-bond donors (Lipinski definition) is 4. The van der Waals surface area contributed by atoms with Crippen molar-refractivity contribution in [2.24, 2.45) is 22.2 Å². The molecule has 230 valence electrons. The minimum atomic E-state index is -0.766. The molecule has 0 aliphatic rings. The van der Waals surface area contributed by atoms with Crippen LogP contribution in [-0.2, 0) is 11.2 Å². The molecule has 0 bridgehead atoms. The van der Waals surface area contributed by atoms with Crippen molar-refractivity contribution in [2.75, 3.05) is 13.1 Å². The number of nitrogens with one attached hydrogen (secondary N) is 1. The summed E-state index contributed by atoms with van der Waals surface area (Å²) >= 11 is 6.02. The Hall–Kier alpha value is -5.42. The molecule has 0 spiro atoms. The largest absolute Gasteiger partial charge is 0.457 e. The minimum absolute atomic E-state index is 0.0252. The molecule has 0 aliphatic heterocycles. The second-order valence-electron chi connectivity index (χ2n) is 10.3. The Morgan fingerprint density at radius 2 is 1.78 bits per heavy atom. The maximum Gasteiger partial charge on any atom is 0.251 e. The molecule has 5 rings (SSSR count). The number of carbonyl (C=O) groups excluding carboxylic acids is 2. The Bertz CT molecular complexity index is 1820. The van der Waals surface area contributed by atoms with E-state index >= 15 is 0 Å². The van der Waals surface area contributed by atoms with Gasteiger partial charge in [-0.25, -0.2) is 4.98 Å². The van der Waals surface area contributed by atoms with E-state index in [4.69, 9.17) is 38.5 Å². The van der Waals surface area contributed by atoms with Gasteiger partial charge in [-0.3, -0.25) is 19.6 Å². The number of fused-ring (bicyclic) bond motifs is 1. The molecule has 5 aromatic rings. The number of hydrogen-bond acceptors (Lipinski definition) is 6. The molecular weight excluding hydrogens is 592 g/mol. The van der Waals surface area contributed by atoms with Gasteiger partial charge in [-0.05, 0) is 79.6 Å². The van der Waals surface area contributed by atoms with Gasteiger partial charge >= 0.3 is 0 Å². The van der Waals surface area contributed by atoms with E-state index in [1.807, 2.05) is 42.5 Å². The number of rotatable bonds is 13. The van der Waals surface area contributed by atoms with Crippen molar-refractivity contribution in [2.45, 2.75) is 25.3 Å². The summed E-state index contributed by atoms with van der Waals surface area (Å²) in [6.07, 6.45) is 3.18. The summed E-state index contributed by atoms with van der Waals surface area (Å²) in [7, 11) is 0. The van der Waals surface area contributed by atoms with Crippen LogP contribution >= 0.6 is 11.6 Å². The molecule has 1 atom stereocenters. The molecule has 0 radical (unpaired) electrons. The number of carbonyl (C=O) groups is 2. The van der Waals surface area contributed by atoms with Crippen LogP contribution in [-0.4, -0.2) is 45.4 Å². The average molecular weight is 625 g/mol. The number of nitrogens with zero attached hydrogens (tertiary/aromatic N) is 4. The highest BCUT2D eigenvalue weighted by molar-refractivity contribution is 6.30. The van der Waals surface area contributed by atoms with Gasteiger partial charge in [0.05, 0.1) is 11.0 Å². The van der Waals surface area contributed by atoms with Crippen molar-refractivity contribution in [3.05, 3.63) is 107 Å². The number of primary amides is 1. The fourth-order valence-corrected chi connectivity index (χ4v) is 5.07. The van der Waals surface area contributed by atoms with E-state index in [9.17, 15) is 9.59 Å². The summed E-state index contributed by atoms with van der Waals surface area (Å²) in [4.78, 5) is 39.2. The Morgan fingerprint density at radius 1 is 0.956 bits per heavy atom. The topological polar surface area (TPSA) is 177 Å². The summed E-state index contributed by atoms with van der Waals surface area (Å²) in [6, 6.07) is 24.5. The first-order valence-electron chi connectivity index (χ1n) is 14.4. The lowest BCUT2D eigenvalue weighted by atomic mass is 10.1. The molecule has 2 aromatic heterocycles. The number of aliphatic imine (C=N–C) groups is 1. The number of guanidine groups is 1. The second-order valence-corrected chi connectivity index (χ2v) is 10.7. The smallest absolute Gasteiger partial charge is 0.251 e. The fourth-order valence-electron chi connectivity index (χ4n) is 4.94. The first kappa shape index (κ1) is 31.0. The summed E-state index contributed by atoms with van der Waals surface area (Å²) in [5.41, 5.74) is 20.1. The fraction of sp³-hybridized carbons (Fsp3) is 0.182. The normalized spacial score (nSPS) is 11.6. The van der Waals surface area contributed by atoms with Crippen LogP contribution in [0.2, 0.25) is 5.02 Å². The van der Waals surface area contributed by atoms with E-state index in [0.29, 0.717) is 76.9 Å². The van der Waals surface area contributed by atoms with E-state index in [0.717, 1.165) is 5.69 Å². The van der Waals surface area contributed by atoms with E-state index < -0.39 is 11.9 Å². The second kappa shape index (κ2) is 14.4. The van der Waals surface area contributed by atoms with Crippen molar-refractivity contribution in [3.8, 4) is 22.9 Å². The molecule has 7 N–H and O–H groups in total. The third-order valence-corrected chi connectivity index (χ3v) is 7.31. The first-order chi connectivity index (χ1) is 21.8. The number of halogens is 1. The third-order valence-electron chi connectivity index (χ3n) is 7.06. The minimum Gasteiger partial charge on any atom is -0.457 e. The molecule has 3 aromatic carbocycles. The van der Waals surface area contributed by atoms with Gasteiger partial charge in [0, 0.05) is 47.6 Å².